The lowest BCUT2D eigenvalue weighted by atomic mass is 9.75. The number of halogens is 1. The number of phenols is 1. The van der Waals surface area contributed by atoms with E-state index in [2.05, 4.69) is 31.4 Å². The van der Waals surface area contributed by atoms with Gasteiger partial charge in [-0.2, -0.15) is 0 Å². The molecular weight excluding hydrogens is 457 g/mol. The van der Waals surface area contributed by atoms with Gasteiger partial charge in [0.25, 0.3) is 0 Å². The van der Waals surface area contributed by atoms with E-state index in [9.17, 15) is 5.11 Å². The van der Waals surface area contributed by atoms with E-state index < -0.39 is 0 Å². The Morgan fingerprint density at radius 3 is 2.22 bits per heavy atom. The van der Waals surface area contributed by atoms with Crippen molar-refractivity contribution in [2.24, 2.45) is 10.4 Å². The maximum Gasteiger partial charge on any atom is 0.200 e. The van der Waals surface area contributed by atoms with E-state index in [-0.39, 0.29) is 29.7 Å². The van der Waals surface area contributed by atoms with Crippen molar-refractivity contribution in [1.82, 2.24) is 10.6 Å². The number of nitrogens with one attached hydrogen (secondary N) is 2. The minimum absolute atomic E-state index is 0. The molecule has 0 saturated heterocycles. The highest BCUT2D eigenvalue weighted by atomic mass is 127. The van der Waals surface area contributed by atoms with E-state index in [4.69, 9.17) is 14.5 Å². The molecule has 27 heavy (non-hydrogen) atoms. The third kappa shape index (κ3) is 6.93. The van der Waals surface area contributed by atoms with E-state index in [1.165, 1.54) is 27.1 Å². The van der Waals surface area contributed by atoms with Gasteiger partial charge in [0.15, 0.2) is 17.5 Å². The minimum atomic E-state index is 0. The number of hydrogen-bond acceptors (Lipinski definition) is 4. The topological polar surface area (TPSA) is 75.1 Å². The summed E-state index contributed by atoms with van der Waals surface area (Å²) in [6.45, 7) is 8.03. The SMILES string of the molecule is CCNC(=NCc1cc(OC)c(O)c(OC)c1)NC1CCC(C)(C)CC1.I. The quantitative estimate of drug-likeness (QED) is 0.318. The van der Waals surface area contributed by atoms with Crippen LogP contribution in [0.3, 0.4) is 0 Å². The highest BCUT2D eigenvalue weighted by Gasteiger charge is 2.27. The summed E-state index contributed by atoms with van der Waals surface area (Å²) in [5.41, 5.74) is 1.37. The van der Waals surface area contributed by atoms with Gasteiger partial charge >= 0.3 is 0 Å². The van der Waals surface area contributed by atoms with Crippen molar-refractivity contribution in [2.75, 3.05) is 20.8 Å². The second kappa shape index (κ2) is 10.8. The summed E-state index contributed by atoms with van der Waals surface area (Å²) < 4.78 is 10.4. The molecule has 0 amide bonds. The average Bonchev–Trinajstić information content (AvgIpc) is 2.62. The van der Waals surface area contributed by atoms with Crippen molar-refractivity contribution in [2.45, 2.75) is 59.0 Å². The van der Waals surface area contributed by atoms with E-state index in [1.54, 1.807) is 12.1 Å². The molecule has 1 aliphatic rings. The van der Waals surface area contributed by atoms with E-state index in [0.717, 1.165) is 30.9 Å². The lowest BCUT2D eigenvalue weighted by Crippen LogP contribution is -2.45. The highest BCUT2D eigenvalue weighted by molar-refractivity contribution is 14.0. The molecule has 0 atom stereocenters. The van der Waals surface area contributed by atoms with Crippen LogP contribution in [0.15, 0.2) is 17.1 Å². The first-order valence-electron chi connectivity index (χ1n) is 9.37. The Morgan fingerprint density at radius 2 is 1.74 bits per heavy atom. The highest BCUT2D eigenvalue weighted by Crippen LogP contribution is 2.37. The van der Waals surface area contributed by atoms with Crippen LogP contribution in [0.4, 0.5) is 0 Å². The third-order valence-electron chi connectivity index (χ3n) is 4.98. The molecule has 1 aliphatic carbocycles. The first-order chi connectivity index (χ1) is 12.4. The van der Waals surface area contributed by atoms with Crippen LogP contribution >= 0.6 is 24.0 Å². The zero-order valence-corrected chi connectivity index (χ0v) is 19.4. The number of aromatic hydroxyl groups is 1. The number of benzene rings is 1. The van der Waals surface area contributed by atoms with Crippen molar-refractivity contribution < 1.29 is 14.6 Å². The predicted molar refractivity (Wildman–Crippen MR) is 121 cm³/mol. The Balaban J connectivity index is 0.00000364. The van der Waals surface area contributed by atoms with Gasteiger partial charge in [-0.3, -0.25) is 0 Å². The molecule has 7 heteroatoms. The van der Waals surface area contributed by atoms with Crippen molar-refractivity contribution in [3.63, 3.8) is 0 Å². The van der Waals surface area contributed by atoms with Gasteiger partial charge in [0.1, 0.15) is 0 Å². The Hall–Kier alpha value is -1.38. The van der Waals surface area contributed by atoms with Crippen LogP contribution in [-0.4, -0.2) is 37.9 Å². The molecular formula is C20H34IN3O3. The van der Waals surface area contributed by atoms with Gasteiger partial charge < -0.3 is 25.2 Å². The van der Waals surface area contributed by atoms with Crippen LogP contribution in [0.25, 0.3) is 0 Å². The number of nitrogens with zero attached hydrogens (tertiary/aromatic N) is 1. The van der Waals surface area contributed by atoms with Gasteiger partial charge in [-0.25, -0.2) is 4.99 Å². The fourth-order valence-corrected chi connectivity index (χ4v) is 3.27. The summed E-state index contributed by atoms with van der Waals surface area (Å²) >= 11 is 0. The molecule has 1 saturated carbocycles. The normalized spacial score (nSPS) is 17.0. The summed E-state index contributed by atoms with van der Waals surface area (Å²) in [5, 5.41) is 16.9. The molecule has 0 spiro atoms. The molecule has 0 unspecified atom stereocenters. The first kappa shape index (κ1) is 23.7. The zero-order valence-electron chi connectivity index (χ0n) is 17.1. The molecule has 3 N–H and O–H groups in total. The number of aliphatic imine (C=N–C) groups is 1. The molecule has 2 rings (SSSR count). The summed E-state index contributed by atoms with van der Waals surface area (Å²) in [6, 6.07) is 4.03. The van der Waals surface area contributed by atoms with Gasteiger partial charge in [-0.1, -0.05) is 13.8 Å². The number of rotatable bonds is 6. The van der Waals surface area contributed by atoms with E-state index in [0.29, 0.717) is 29.5 Å². The average molecular weight is 491 g/mol. The lowest BCUT2D eigenvalue weighted by molar-refractivity contribution is 0.216. The fourth-order valence-electron chi connectivity index (χ4n) is 3.27. The third-order valence-corrected chi connectivity index (χ3v) is 4.98. The van der Waals surface area contributed by atoms with Crippen molar-refractivity contribution >= 4 is 29.9 Å². The van der Waals surface area contributed by atoms with E-state index in [1.807, 2.05) is 0 Å². The number of ether oxygens (including phenoxy) is 2. The Kier molecular flexibility index (Phi) is 9.49. The van der Waals surface area contributed by atoms with Crippen molar-refractivity contribution in [3.05, 3.63) is 17.7 Å². The maximum atomic E-state index is 10.0. The number of methoxy groups -OCH3 is 2. The molecule has 0 aliphatic heterocycles. The Bertz CT molecular complexity index is 600. The largest absolute Gasteiger partial charge is 0.502 e. The minimum Gasteiger partial charge on any atom is -0.502 e. The van der Waals surface area contributed by atoms with Crippen LogP contribution in [0.5, 0.6) is 17.2 Å². The number of phenolic OH excluding ortho intramolecular Hbond substituents is 1. The van der Waals surface area contributed by atoms with Crippen molar-refractivity contribution in [3.8, 4) is 17.2 Å². The summed E-state index contributed by atoms with van der Waals surface area (Å²) in [6.07, 6.45) is 4.80. The zero-order chi connectivity index (χ0) is 19.2. The Morgan fingerprint density at radius 1 is 1.19 bits per heavy atom. The standard InChI is InChI=1S/C20H33N3O3.HI/c1-6-21-19(23-15-7-9-20(2,3)10-8-15)22-13-14-11-16(25-4)18(24)17(12-14)26-5;/h11-12,15,24H,6-10,13H2,1-5H3,(H2,21,22,23);1H. The predicted octanol–water partition coefficient (Wildman–Crippen LogP) is 4.05. The van der Waals surface area contributed by atoms with Gasteiger partial charge in [-0.15, -0.1) is 24.0 Å². The molecule has 1 aromatic rings. The molecule has 0 radical (unpaired) electrons. The second-order valence-corrected chi connectivity index (χ2v) is 7.63. The fraction of sp³-hybridized carbons (Fsp3) is 0.650. The molecule has 1 aromatic carbocycles. The van der Waals surface area contributed by atoms with Crippen LogP contribution in [0.1, 0.15) is 52.0 Å². The van der Waals surface area contributed by atoms with Crippen molar-refractivity contribution in [1.29, 1.82) is 0 Å². The monoisotopic (exact) mass is 491 g/mol. The molecule has 6 nitrogen and oxygen atoms in total. The second-order valence-electron chi connectivity index (χ2n) is 7.63. The summed E-state index contributed by atoms with van der Waals surface area (Å²) in [7, 11) is 3.05. The maximum absolute atomic E-state index is 10.0. The number of hydrogen-bond donors (Lipinski definition) is 3. The molecule has 0 bridgehead atoms. The van der Waals surface area contributed by atoms with Crippen LogP contribution in [0.2, 0.25) is 0 Å². The molecule has 0 heterocycles. The molecule has 1 fully saturated rings. The van der Waals surface area contributed by atoms with Crippen LogP contribution < -0.4 is 20.1 Å². The van der Waals surface area contributed by atoms with Gasteiger partial charge in [0, 0.05) is 12.6 Å². The van der Waals surface area contributed by atoms with Gasteiger partial charge in [-0.05, 0) is 55.7 Å². The smallest absolute Gasteiger partial charge is 0.200 e. The number of guanidine groups is 1. The van der Waals surface area contributed by atoms with Gasteiger partial charge in [0.05, 0.1) is 20.8 Å². The summed E-state index contributed by atoms with van der Waals surface area (Å²) in [5.74, 6) is 1.62. The lowest BCUT2D eigenvalue weighted by Gasteiger charge is -2.35. The van der Waals surface area contributed by atoms with Crippen LogP contribution in [0, 0.1) is 5.41 Å². The first-order valence-corrected chi connectivity index (χ1v) is 9.37. The summed E-state index contributed by atoms with van der Waals surface area (Å²) in [4.78, 5) is 4.70. The van der Waals surface area contributed by atoms with Gasteiger partial charge in [0.2, 0.25) is 5.75 Å². The molecule has 0 aromatic heterocycles. The van der Waals surface area contributed by atoms with E-state index >= 15 is 0 Å². The molecule has 154 valence electrons. The Labute approximate surface area is 180 Å². The van der Waals surface area contributed by atoms with Crippen LogP contribution in [-0.2, 0) is 6.54 Å².